The van der Waals surface area contributed by atoms with E-state index in [1.165, 1.54) is 25.7 Å². The molecule has 0 unspecified atom stereocenters. The Kier molecular flexibility index (Phi) is 8.59. The van der Waals surface area contributed by atoms with Crippen molar-refractivity contribution in [1.29, 1.82) is 0 Å². The Morgan fingerprint density at radius 2 is 1.69 bits per heavy atom. The lowest BCUT2D eigenvalue weighted by molar-refractivity contribution is -0.123. The zero-order valence-electron chi connectivity index (χ0n) is 20.2. The van der Waals surface area contributed by atoms with E-state index in [1.807, 2.05) is 42.5 Å². The Labute approximate surface area is 216 Å². The van der Waals surface area contributed by atoms with E-state index in [0.29, 0.717) is 54.7 Å². The van der Waals surface area contributed by atoms with Crippen LogP contribution in [0.3, 0.4) is 0 Å². The van der Waals surface area contributed by atoms with E-state index >= 15 is 0 Å². The van der Waals surface area contributed by atoms with Crippen LogP contribution in [-0.2, 0) is 4.79 Å². The normalized spacial score (nSPS) is 21.8. The molecule has 8 heteroatoms. The van der Waals surface area contributed by atoms with Gasteiger partial charge in [-0.25, -0.2) is 0 Å². The number of rotatable bonds is 10. The summed E-state index contributed by atoms with van der Waals surface area (Å²) < 4.78 is 22.2. The van der Waals surface area contributed by atoms with Crippen LogP contribution in [0.2, 0.25) is 0 Å². The molecule has 2 saturated heterocycles. The number of carbonyl (C=O) groups excluding carboxylic acids is 1. The van der Waals surface area contributed by atoms with Gasteiger partial charge in [-0.2, -0.15) is 0 Å². The molecule has 0 aromatic heterocycles. The first-order valence-corrected chi connectivity index (χ1v) is 12.5. The Bertz CT molecular complexity index is 1000. The molecule has 8 nitrogen and oxygen atoms in total. The molecular formula is C28H42N2O6. The highest BCUT2D eigenvalue weighted by Crippen LogP contribution is 2.39. The number of nitrogens with one attached hydrogen (secondary N) is 1. The van der Waals surface area contributed by atoms with Gasteiger partial charge < -0.3 is 29.4 Å². The van der Waals surface area contributed by atoms with Gasteiger partial charge in [-0.1, -0.05) is 13.5 Å². The molecule has 3 heterocycles. The van der Waals surface area contributed by atoms with Gasteiger partial charge in [-0.15, -0.1) is 0 Å². The van der Waals surface area contributed by atoms with Gasteiger partial charge in [0.25, 0.3) is 0 Å². The van der Waals surface area contributed by atoms with Gasteiger partial charge >= 0.3 is 0 Å². The van der Waals surface area contributed by atoms with Gasteiger partial charge in [0.2, 0.25) is 5.91 Å². The predicted molar refractivity (Wildman–Crippen MR) is 141 cm³/mol. The van der Waals surface area contributed by atoms with Crippen LogP contribution in [-0.4, -0.2) is 67.5 Å². The Morgan fingerprint density at radius 3 is 2.36 bits per heavy atom. The molecule has 3 aliphatic heterocycles. The van der Waals surface area contributed by atoms with E-state index in [4.69, 9.17) is 18.9 Å². The highest BCUT2D eigenvalue weighted by molar-refractivity contribution is 5.76. The number of aliphatic hydroxyl groups is 1. The number of carbonyl (C=O) groups is 1. The summed E-state index contributed by atoms with van der Waals surface area (Å²) in [5, 5.41) is 14.4. The molecule has 36 heavy (non-hydrogen) atoms. The quantitative estimate of drug-likeness (QED) is 0.503. The van der Waals surface area contributed by atoms with E-state index in [0.717, 1.165) is 5.75 Å². The number of amides is 1. The zero-order valence-corrected chi connectivity index (χ0v) is 20.2. The Morgan fingerprint density at radius 1 is 1.06 bits per heavy atom. The van der Waals surface area contributed by atoms with Crippen LogP contribution in [0.1, 0.15) is 54.1 Å². The number of fused-ring (bicyclic) bond motifs is 3. The lowest BCUT2D eigenvalue weighted by atomic mass is 10.0. The first-order valence-electron chi connectivity index (χ1n) is 12.5. The molecule has 2 bridgehead atoms. The molecular weight excluding hydrogens is 460 g/mol. The molecule has 0 saturated carbocycles. The van der Waals surface area contributed by atoms with E-state index < -0.39 is 12.1 Å². The molecule has 1 amide bonds. The lowest BCUT2D eigenvalue weighted by Gasteiger charge is -2.32. The maximum Gasteiger partial charge on any atom is 0.223 e. The second-order valence-electron chi connectivity index (χ2n) is 9.46. The summed E-state index contributed by atoms with van der Waals surface area (Å²) in [5.74, 6) is 2.60. The van der Waals surface area contributed by atoms with Gasteiger partial charge in [0.15, 0.2) is 11.5 Å². The van der Waals surface area contributed by atoms with Crippen molar-refractivity contribution in [3.8, 4) is 23.0 Å². The van der Waals surface area contributed by atoms with Crippen molar-refractivity contribution in [3.63, 3.8) is 0 Å². The summed E-state index contributed by atoms with van der Waals surface area (Å²) in [6.07, 6.45) is 4.12. The topological polar surface area (TPSA) is 89.5 Å². The van der Waals surface area contributed by atoms with Crippen molar-refractivity contribution in [2.45, 2.75) is 63.8 Å². The van der Waals surface area contributed by atoms with Crippen LogP contribution in [0.25, 0.3) is 0 Å². The summed E-state index contributed by atoms with van der Waals surface area (Å²) in [5.41, 5.74) is 0.709. The van der Waals surface area contributed by atoms with Crippen molar-refractivity contribution in [1.82, 2.24) is 10.2 Å². The summed E-state index contributed by atoms with van der Waals surface area (Å²) in [7, 11) is 1.61. The molecule has 2 N–H and O–H groups in total. The summed E-state index contributed by atoms with van der Waals surface area (Å²) in [6, 6.07) is 13.4. The third kappa shape index (κ3) is 5.87. The summed E-state index contributed by atoms with van der Waals surface area (Å²) in [4.78, 5) is 15.4. The molecule has 2 aromatic rings. The molecule has 2 atom stereocenters. The highest BCUT2D eigenvalue weighted by atomic mass is 16.6. The van der Waals surface area contributed by atoms with Crippen molar-refractivity contribution in [3.05, 3.63) is 48.0 Å². The lowest BCUT2D eigenvalue weighted by Crippen LogP contribution is -2.48. The van der Waals surface area contributed by atoms with Gasteiger partial charge in [-0.05, 0) is 67.6 Å². The van der Waals surface area contributed by atoms with E-state index in [-0.39, 0.29) is 29.2 Å². The van der Waals surface area contributed by atoms with Crippen molar-refractivity contribution in [2.24, 2.45) is 0 Å². The SMILES string of the molecule is C.COc1ccc(OCCC(=O)N[C@H](CN2C3CCC2CC3)[C@H](O)c2ccc3c(c2)OCCO3)cc1.[HH].[HH]. The molecule has 2 fully saturated rings. The zero-order chi connectivity index (χ0) is 24.2. The standard InChI is InChI=1S/C27H34N2O6.CH4.2H2/c1-32-21-7-9-22(10-8-21)33-13-12-26(30)28-23(17-29-19-3-4-20(29)6-5-19)27(31)18-2-11-24-25(16-18)35-15-14-34-24;;;/h2,7-11,16,19-20,23,27,31H,3-6,12-15,17H2,1H3,(H,28,30);1H4;2*1H/t19?,20?,23-,27-;;;/m1.../s1. The number of nitrogens with zero attached hydrogens (tertiary/aromatic N) is 1. The van der Waals surface area contributed by atoms with Crippen LogP contribution in [0, 0.1) is 0 Å². The smallest absolute Gasteiger partial charge is 0.223 e. The summed E-state index contributed by atoms with van der Waals surface area (Å²) >= 11 is 0. The van der Waals surface area contributed by atoms with Crippen LogP contribution < -0.4 is 24.3 Å². The monoisotopic (exact) mass is 502 g/mol. The maximum atomic E-state index is 12.9. The average Bonchev–Trinajstić information content (AvgIpc) is 3.47. The third-order valence-electron chi connectivity index (χ3n) is 7.30. The highest BCUT2D eigenvalue weighted by Gasteiger charge is 2.41. The number of aliphatic hydroxyl groups excluding tert-OH is 1. The van der Waals surface area contributed by atoms with Gasteiger partial charge in [-0.3, -0.25) is 9.69 Å². The van der Waals surface area contributed by atoms with Crippen LogP contribution in [0.4, 0.5) is 0 Å². The number of hydrogen-bond acceptors (Lipinski definition) is 7. The van der Waals surface area contributed by atoms with Crippen molar-refractivity contribution < 1.29 is 31.7 Å². The molecule has 200 valence electrons. The number of ether oxygens (including phenoxy) is 4. The second kappa shape index (κ2) is 11.8. The fourth-order valence-corrected chi connectivity index (χ4v) is 5.46. The maximum absolute atomic E-state index is 12.9. The number of methoxy groups -OCH3 is 1. The largest absolute Gasteiger partial charge is 0.497 e. The predicted octanol–water partition coefficient (Wildman–Crippen LogP) is 4.21. The Balaban J connectivity index is 0.00000169. The third-order valence-corrected chi connectivity index (χ3v) is 7.30. The van der Waals surface area contributed by atoms with Crippen molar-refractivity contribution >= 4 is 5.91 Å². The number of hydrogen-bond donors (Lipinski definition) is 2. The van der Waals surface area contributed by atoms with Crippen LogP contribution in [0.5, 0.6) is 23.0 Å². The number of benzene rings is 2. The molecule has 0 radical (unpaired) electrons. The van der Waals surface area contributed by atoms with Crippen molar-refractivity contribution in [2.75, 3.05) is 33.5 Å². The van der Waals surface area contributed by atoms with E-state index in [2.05, 4.69) is 10.2 Å². The Hall–Kier alpha value is -2.97. The van der Waals surface area contributed by atoms with Gasteiger partial charge in [0, 0.05) is 21.5 Å². The van der Waals surface area contributed by atoms with E-state index in [9.17, 15) is 9.90 Å². The first kappa shape index (κ1) is 26.1. The van der Waals surface area contributed by atoms with E-state index in [1.54, 1.807) is 7.11 Å². The average molecular weight is 503 g/mol. The molecule has 0 aliphatic carbocycles. The van der Waals surface area contributed by atoms with Gasteiger partial charge in [0.1, 0.15) is 30.8 Å². The van der Waals surface area contributed by atoms with Gasteiger partial charge in [0.05, 0.1) is 26.2 Å². The first-order chi connectivity index (χ1) is 17.1. The fourth-order valence-electron chi connectivity index (χ4n) is 5.46. The minimum Gasteiger partial charge on any atom is -0.497 e. The molecule has 5 rings (SSSR count). The molecule has 2 aromatic carbocycles. The minimum absolute atomic E-state index is 0. The fraction of sp³-hybridized carbons (Fsp3) is 0.536. The molecule has 0 spiro atoms. The minimum atomic E-state index is -0.864. The second-order valence-corrected chi connectivity index (χ2v) is 9.46. The van der Waals surface area contributed by atoms with Crippen LogP contribution in [0.15, 0.2) is 42.5 Å². The van der Waals surface area contributed by atoms with Crippen LogP contribution >= 0.6 is 0 Å². The summed E-state index contributed by atoms with van der Waals surface area (Å²) in [6.45, 7) is 1.87. The molecule has 3 aliphatic rings.